The molecule has 2 aromatic carbocycles. The summed E-state index contributed by atoms with van der Waals surface area (Å²) in [5, 5.41) is 0. The van der Waals surface area contributed by atoms with Crippen LogP contribution in [0.15, 0.2) is 55.1 Å². The van der Waals surface area contributed by atoms with Crippen LogP contribution in [0.5, 0.6) is 17.2 Å². The number of para-hydroxylation sites is 1. The van der Waals surface area contributed by atoms with Crippen LogP contribution in [0, 0.1) is 5.92 Å². The molecule has 1 fully saturated rings. The molecule has 0 radical (unpaired) electrons. The zero-order chi connectivity index (χ0) is 21.8. The fourth-order valence-electron chi connectivity index (χ4n) is 3.14. The van der Waals surface area contributed by atoms with Crippen LogP contribution < -0.4 is 14.2 Å². The highest BCUT2D eigenvalue weighted by atomic mass is 19.4. The van der Waals surface area contributed by atoms with Crippen molar-refractivity contribution in [2.75, 3.05) is 13.7 Å². The Hall–Kier alpha value is -3.42. The SMILES string of the molecule is COc1cccc(/C=C/c2cc(OC(F)(F)F)ccc2-n2ccnc2)c1OCC1CC1. The van der Waals surface area contributed by atoms with E-state index in [-0.39, 0.29) is 5.75 Å². The lowest BCUT2D eigenvalue weighted by Gasteiger charge is -2.14. The molecule has 31 heavy (non-hydrogen) atoms. The lowest BCUT2D eigenvalue weighted by molar-refractivity contribution is -0.274. The summed E-state index contributed by atoms with van der Waals surface area (Å²) in [7, 11) is 1.57. The van der Waals surface area contributed by atoms with Crippen LogP contribution in [0.25, 0.3) is 17.8 Å². The van der Waals surface area contributed by atoms with Crippen molar-refractivity contribution in [2.24, 2.45) is 5.92 Å². The average molecular weight is 430 g/mol. The van der Waals surface area contributed by atoms with Crippen LogP contribution >= 0.6 is 0 Å². The number of hydrogen-bond donors (Lipinski definition) is 0. The zero-order valence-corrected chi connectivity index (χ0v) is 16.8. The summed E-state index contributed by atoms with van der Waals surface area (Å²) in [5.41, 5.74) is 1.95. The van der Waals surface area contributed by atoms with Gasteiger partial charge in [-0.25, -0.2) is 4.98 Å². The summed E-state index contributed by atoms with van der Waals surface area (Å²) >= 11 is 0. The summed E-state index contributed by atoms with van der Waals surface area (Å²) in [4.78, 5) is 4.01. The van der Waals surface area contributed by atoms with Gasteiger partial charge < -0.3 is 18.8 Å². The summed E-state index contributed by atoms with van der Waals surface area (Å²) < 4.78 is 55.4. The predicted octanol–water partition coefficient (Wildman–Crippen LogP) is 5.74. The molecule has 1 aliphatic rings. The summed E-state index contributed by atoms with van der Waals surface area (Å²) in [5.74, 6) is 1.48. The van der Waals surface area contributed by atoms with E-state index in [2.05, 4.69) is 9.72 Å². The normalized spacial score (nSPS) is 14.1. The lowest BCUT2D eigenvalue weighted by Crippen LogP contribution is -2.17. The zero-order valence-electron chi connectivity index (χ0n) is 16.8. The Morgan fingerprint density at radius 3 is 2.61 bits per heavy atom. The Kier molecular flexibility index (Phi) is 5.88. The fraction of sp³-hybridized carbons (Fsp3) is 0.261. The number of aromatic nitrogens is 2. The maximum absolute atomic E-state index is 12.7. The number of imidazole rings is 1. The summed E-state index contributed by atoms with van der Waals surface area (Å²) in [6.45, 7) is 0.608. The first kappa shape index (κ1) is 20.8. The number of benzene rings is 2. The summed E-state index contributed by atoms with van der Waals surface area (Å²) in [6, 6.07) is 9.68. The minimum absolute atomic E-state index is 0.299. The van der Waals surface area contributed by atoms with Gasteiger partial charge >= 0.3 is 6.36 Å². The topological polar surface area (TPSA) is 45.5 Å². The number of methoxy groups -OCH3 is 1. The van der Waals surface area contributed by atoms with E-state index in [1.807, 2.05) is 18.2 Å². The van der Waals surface area contributed by atoms with Gasteiger partial charge in [0.1, 0.15) is 5.75 Å². The van der Waals surface area contributed by atoms with Gasteiger partial charge in [-0.3, -0.25) is 0 Å². The molecule has 0 spiro atoms. The average Bonchev–Trinajstić information content (AvgIpc) is 3.41. The van der Waals surface area contributed by atoms with Crippen LogP contribution in [-0.4, -0.2) is 29.6 Å². The van der Waals surface area contributed by atoms with Gasteiger partial charge in [0.25, 0.3) is 0 Å². The first-order valence-corrected chi connectivity index (χ1v) is 9.79. The molecule has 0 aliphatic heterocycles. The van der Waals surface area contributed by atoms with E-state index in [0.717, 1.165) is 18.4 Å². The van der Waals surface area contributed by atoms with E-state index in [1.165, 1.54) is 12.1 Å². The number of alkyl halides is 3. The monoisotopic (exact) mass is 430 g/mol. The first-order valence-electron chi connectivity index (χ1n) is 9.79. The second-order valence-electron chi connectivity index (χ2n) is 7.20. The standard InChI is InChI=1S/C23H21F3N2O3/c1-29-21-4-2-3-17(22(21)30-14-16-5-6-16)7-8-18-13-19(31-23(24,25)26)9-10-20(18)28-12-11-27-15-28/h2-4,7-13,15-16H,5-6,14H2,1H3/b8-7+. The van der Waals surface area contributed by atoms with Gasteiger partial charge in [-0.15, -0.1) is 13.2 Å². The Bertz CT molecular complexity index is 1060. The highest BCUT2D eigenvalue weighted by Crippen LogP contribution is 2.36. The maximum atomic E-state index is 12.7. The van der Waals surface area contributed by atoms with Crippen molar-refractivity contribution in [3.8, 4) is 22.9 Å². The molecule has 4 rings (SSSR count). The van der Waals surface area contributed by atoms with E-state index in [4.69, 9.17) is 9.47 Å². The van der Waals surface area contributed by atoms with Crippen LogP contribution in [-0.2, 0) is 0 Å². The second-order valence-corrected chi connectivity index (χ2v) is 7.20. The Morgan fingerprint density at radius 1 is 1.13 bits per heavy atom. The third kappa shape index (κ3) is 5.39. The number of nitrogens with zero attached hydrogens (tertiary/aromatic N) is 2. The highest BCUT2D eigenvalue weighted by Gasteiger charge is 2.31. The van der Waals surface area contributed by atoms with Crippen molar-refractivity contribution >= 4 is 12.2 Å². The Balaban J connectivity index is 1.69. The van der Waals surface area contributed by atoms with E-state index < -0.39 is 6.36 Å². The molecule has 3 aromatic rings. The van der Waals surface area contributed by atoms with Gasteiger partial charge in [0.2, 0.25) is 0 Å². The molecule has 1 aliphatic carbocycles. The molecule has 0 atom stereocenters. The maximum Gasteiger partial charge on any atom is 0.573 e. The lowest BCUT2D eigenvalue weighted by atomic mass is 10.1. The molecule has 0 N–H and O–H groups in total. The van der Waals surface area contributed by atoms with Crippen LogP contribution in [0.1, 0.15) is 24.0 Å². The van der Waals surface area contributed by atoms with Crippen molar-refractivity contribution in [2.45, 2.75) is 19.2 Å². The van der Waals surface area contributed by atoms with Gasteiger partial charge in [-0.05, 0) is 43.0 Å². The molecule has 1 heterocycles. The molecule has 0 saturated heterocycles. The van der Waals surface area contributed by atoms with Crippen molar-refractivity contribution < 1.29 is 27.4 Å². The van der Waals surface area contributed by atoms with Crippen molar-refractivity contribution in [3.05, 3.63) is 66.2 Å². The predicted molar refractivity (Wildman–Crippen MR) is 110 cm³/mol. The third-order valence-electron chi connectivity index (χ3n) is 4.85. The molecule has 0 bridgehead atoms. The van der Waals surface area contributed by atoms with Gasteiger partial charge in [0.15, 0.2) is 11.5 Å². The van der Waals surface area contributed by atoms with Crippen molar-refractivity contribution in [1.82, 2.24) is 9.55 Å². The molecule has 1 saturated carbocycles. The van der Waals surface area contributed by atoms with Crippen molar-refractivity contribution in [1.29, 1.82) is 0 Å². The van der Waals surface area contributed by atoms with Crippen LogP contribution in [0.2, 0.25) is 0 Å². The molecule has 162 valence electrons. The Morgan fingerprint density at radius 2 is 1.94 bits per heavy atom. The minimum Gasteiger partial charge on any atom is -0.493 e. The smallest absolute Gasteiger partial charge is 0.493 e. The van der Waals surface area contributed by atoms with E-state index >= 15 is 0 Å². The van der Waals surface area contributed by atoms with E-state index in [9.17, 15) is 13.2 Å². The highest BCUT2D eigenvalue weighted by molar-refractivity contribution is 5.77. The molecular formula is C23H21F3N2O3. The number of halogens is 3. The molecule has 8 heteroatoms. The van der Waals surface area contributed by atoms with Crippen LogP contribution in [0.4, 0.5) is 13.2 Å². The second kappa shape index (κ2) is 8.75. The number of rotatable bonds is 8. The fourth-order valence-corrected chi connectivity index (χ4v) is 3.14. The van der Waals surface area contributed by atoms with Gasteiger partial charge in [-0.1, -0.05) is 24.3 Å². The third-order valence-corrected chi connectivity index (χ3v) is 4.85. The number of hydrogen-bond acceptors (Lipinski definition) is 4. The largest absolute Gasteiger partial charge is 0.573 e. The Labute approximate surface area is 177 Å². The molecular weight excluding hydrogens is 409 g/mol. The molecule has 5 nitrogen and oxygen atoms in total. The van der Waals surface area contributed by atoms with E-state index in [1.54, 1.807) is 48.6 Å². The van der Waals surface area contributed by atoms with Gasteiger partial charge in [0.05, 0.1) is 25.7 Å². The minimum atomic E-state index is -4.77. The van der Waals surface area contributed by atoms with Gasteiger partial charge in [0, 0.05) is 23.5 Å². The molecule has 0 amide bonds. The molecule has 0 unspecified atom stereocenters. The van der Waals surface area contributed by atoms with E-state index in [0.29, 0.717) is 35.3 Å². The number of ether oxygens (including phenoxy) is 3. The quantitative estimate of drug-likeness (QED) is 0.428. The summed E-state index contributed by atoms with van der Waals surface area (Å²) in [6.07, 6.45) is 5.93. The first-order chi connectivity index (χ1) is 14.9. The molecule has 1 aromatic heterocycles. The van der Waals surface area contributed by atoms with Gasteiger partial charge in [-0.2, -0.15) is 0 Å². The van der Waals surface area contributed by atoms with Crippen LogP contribution in [0.3, 0.4) is 0 Å². The van der Waals surface area contributed by atoms with Crippen molar-refractivity contribution in [3.63, 3.8) is 0 Å².